The van der Waals surface area contributed by atoms with Crippen molar-refractivity contribution >= 4 is 0 Å². The van der Waals surface area contributed by atoms with Crippen molar-refractivity contribution < 1.29 is 18.3 Å². The Morgan fingerprint density at radius 1 is 0.889 bits per heavy atom. The summed E-state index contributed by atoms with van der Waals surface area (Å²) >= 11 is 0. The van der Waals surface area contributed by atoms with Gasteiger partial charge in [-0.2, -0.15) is 8.78 Å². The van der Waals surface area contributed by atoms with Gasteiger partial charge in [-0.3, -0.25) is 0 Å². The van der Waals surface area contributed by atoms with Crippen LogP contribution in [0.5, 0.6) is 11.5 Å². The first kappa shape index (κ1) is 12.5. The molecule has 0 heterocycles. The van der Waals surface area contributed by atoms with Crippen molar-refractivity contribution in [1.82, 2.24) is 0 Å². The number of rotatable bonds is 5. The summed E-state index contributed by atoms with van der Waals surface area (Å²) in [6, 6.07) is 16.1. The molecule has 0 saturated carbocycles. The average Bonchev–Trinajstić information content (AvgIpc) is 2.38. The van der Waals surface area contributed by atoms with Gasteiger partial charge in [0.25, 0.3) is 0 Å². The molecule has 0 N–H and O–H groups in total. The van der Waals surface area contributed by atoms with Crippen molar-refractivity contribution in [3.8, 4) is 11.5 Å². The van der Waals surface area contributed by atoms with Crippen LogP contribution in [0.15, 0.2) is 54.6 Å². The number of hydrogen-bond donors (Lipinski definition) is 0. The number of ether oxygens (including phenoxy) is 2. The Kier molecular flexibility index (Phi) is 4.25. The minimum absolute atomic E-state index is 0.135. The summed E-state index contributed by atoms with van der Waals surface area (Å²) in [5.74, 6) is 1.29. The van der Waals surface area contributed by atoms with E-state index in [1.807, 2.05) is 30.3 Å². The summed E-state index contributed by atoms with van der Waals surface area (Å²) < 4.78 is 33.7. The van der Waals surface area contributed by atoms with Crippen LogP contribution in [0.4, 0.5) is 8.78 Å². The first-order valence-electron chi connectivity index (χ1n) is 5.45. The Bertz CT molecular complexity index is 486. The Balaban J connectivity index is 2.03. The smallest absolute Gasteiger partial charge is 0.345 e. The summed E-state index contributed by atoms with van der Waals surface area (Å²) in [6.45, 7) is -2.90. The molecule has 0 bridgehead atoms. The minimum Gasteiger partial charge on any atom is -0.457 e. The zero-order valence-corrected chi connectivity index (χ0v) is 9.55. The third-order valence-electron chi connectivity index (χ3n) is 2.25. The summed E-state index contributed by atoms with van der Waals surface area (Å²) in [4.78, 5) is 0. The zero-order chi connectivity index (χ0) is 12.8. The fourth-order valence-electron chi connectivity index (χ4n) is 1.48. The lowest BCUT2D eigenvalue weighted by Gasteiger charge is -2.07. The minimum atomic E-state index is -2.76. The van der Waals surface area contributed by atoms with Gasteiger partial charge < -0.3 is 9.47 Å². The predicted octanol–water partition coefficient (Wildman–Crippen LogP) is 4.22. The molecule has 0 aliphatic heterocycles. The van der Waals surface area contributed by atoms with Crippen molar-refractivity contribution in [2.24, 2.45) is 0 Å². The molecule has 2 aromatic carbocycles. The van der Waals surface area contributed by atoms with Crippen LogP contribution >= 0.6 is 0 Å². The third kappa shape index (κ3) is 3.82. The maximum atomic E-state index is 11.9. The normalized spacial score (nSPS) is 10.6. The Labute approximate surface area is 104 Å². The van der Waals surface area contributed by atoms with Crippen LogP contribution in [-0.2, 0) is 11.3 Å². The van der Waals surface area contributed by atoms with E-state index in [2.05, 4.69) is 4.74 Å². The van der Waals surface area contributed by atoms with Gasteiger partial charge >= 0.3 is 6.61 Å². The van der Waals surface area contributed by atoms with Crippen LogP contribution in [0, 0.1) is 0 Å². The van der Waals surface area contributed by atoms with Crippen LogP contribution in [-0.4, -0.2) is 6.61 Å². The van der Waals surface area contributed by atoms with Crippen molar-refractivity contribution in [2.45, 2.75) is 13.2 Å². The highest BCUT2D eigenvalue weighted by molar-refractivity contribution is 5.33. The quantitative estimate of drug-likeness (QED) is 0.791. The zero-order valence-electron chi connectivity index (χ0n) is 9.55. The second-order valence-electron chi connectivity index (χ2n) is 3.63. The van der Waals surface area contributed by atoms with Gasteiger partial charge in [-0.1, -0.05) is 30.3 Å². The molecular weight excluding hydrogens is 238 g/mol. The summed E-state index contributed by atoms with van der Waals surface area (Å²) in [7, 11) is 0. The van der Waals surface area contributed by atoms with Gasteiger partial charge in [0.15, 0.2) is 0 Å². The maximum Gasteiger partial charge on any atom is 0.345 e. The summed E-state index contributed by atoms with van der Waals surface area (Å²) in [5, 5.41) is 0. The SMILES string of the molecule is FC(F)OCc1cccc(Oc2ccccc2)c1. The van der Waals surface area contributed by atoms with E-state index in [0.717, 1.165) is 0 Å². The Morgan fingerprint density at radius 3 is 2.33 bits per heavy atom. The molecule has 0 atom stereocenters. The van der Waals surface area contributed by atoms with Crippen LogP contribution in [0.3, 0.4) is 0 Å². The van der Waals surface area contributed by atoms with E-state index in [1.54, 1.807) is 24.3 Å². The van der Waals surface area contributed by atoms with E-state index >= 15 is 0 Å². The molecule has 2 nitrogen and oxygen atoms in total. The Hall–Kier alpha value is -1.94. The molecular formula is C14H12F2O2. The van der Waals surface area contributed by atoms with Crippen molar-refractivity contribution in [2.75, 3.05) is 0 Å². The van der Waals surface area contributed by atoms with Gasteiger partial charge in [-0.05, 0) is 29.8 Å². The highest BCUT2D eigenvalue weighted by Gasteiger charge is 2.03. The molecule has 0 amide bonds. The molecule has 2 aromatic rings. The fourth-order valence-corrected chi connectivity index (χ4v) is 1.48. The van der Waals surface area contributed by atoms with Gasteiger partial charge in [0, 0.05) is 0 Å². The van der Waals surface area contributed by atoms with E-state index in [1.165, 1.54) is 0 Å². The largest absolute Gasteiger partial charge is 0.457 e. The molecule has 0 fully saturated rings. The molecule has 0 aliphatic carbocycles. The molecule has 18 heavy (non-hydrogen) atoms. The van der Waals surface area contributed by atoms with Crippen LogP contribution in [0.2, 0.25) is 0 Å². The molecule has 0 saturated heterocycles. The number of para-hydroxylation sites is 1. The van der Waals surface area contributed by atoms with Crippen LogP contribution in [0.25, 0.3) is 0 Å². The second kappa shape index (κ2) is 6.12. The molecule has 2 rings (SSSR count). The van der Waals surface area contributed by atoms with Gasteiger partial charge in [-0.25, -0.2) is 0 Å². The summed E-state index contributed by atoms with van der Waals surface area (Å²) in [5.41, 5.74) is 0.642. The summed E-state index contributed by atoms with van der Waals surface area (Å²) in [6.07, 6.45) is 0. The lowest BCUT2D eigenvalue weighted by atomic mass is 10.2. The van der Waals surface area contributed by atoms with Gasteiger partial charge in [0.05, 0.1) is 6.61 Å². The number of hydrogen-bond acceptors (Lipinski definition) is 2. The van der Waals surface area contributed by atoms with Crippen molar-refractivity contribution in [1.29, 1.82) is 0 Å². The lowest BCUT2D eigenvalue weighted by molar-refractivity contribution is -0.137. The molecule has 0 aromatic heterocycles. The Morgan fingerprint density at radius 2 is 1.61 bits per heavy atom. The van der Waals surface area contributed by atoms with Crippen LogP contribution in [0.1, 0.15) is 5.56 Å². The van der Waals surface area contributed by atoms with E-state index < -0.39 is 6.61 Å². The average molecular weight is 250 g/mol. The van der Waals surface area contributed by atoms with Gasteiger partial charge in [-0.15, -0.1) is 0 Å². The van der Waals surface area contributed by atoms with E-state index in [0.29, 0.717) is 17.1 Å². The second-order valence-corrected chi connectivity index (χ2v) is 3.63. The first-order chi connectivity index (χ1) is 8.74. The first-order valence-corrected chi connectivity index (χ1v) is 5.45. The predicted molar refractivity (Wildman–Crippen MR) is 63.8 cm³/mol. The standard InChI is InChI=1S/C14H12F2O2/c15-14(16)17-10-11-5-4-8-13(9-11)18-12-6-2-1-3-7-12/h1-9,14H,10H2. The monoisotopic (exact) mass is 250 g/mol. The van der Waals surface area contributed by atoms with E-state index in [9.17, 15) is 8.78 Å². The molecule has 0 unspecified atom stereocenters. The van der Waals surface area contributed by atoms with E-state index in [-0.39, 0.29) is 6.61 Å². The maximum absolute atomic E-state index is 11.9. The highest BCUT2D eigenvalue weighted by Crippen LogP contribution is 2.22. The van der Waals surface area contributed by atoms with Gasteiger partial charge in [0.1, 0.15) is 11.5 Å². The van der Waals surface area contributed by atoms with Crippen molar-refractivity contribution in [3.05, 3.63) is 60.2 Å². The fraction of sp³-hybridized carbons (Fsp3) is 0.143. The highest BCUT2D eigenvalue weighted by atomic mass is 19.3. The third-order valence-corrected chi connectivity index (χ3v) is 2.25. The topological polar surface area (TPSA) is 18.5 Å². The van der Waals surface area contributed by atoms with Gasteiger partial charge in [0.2, 0.25) is 0 Å². The van der Waals surface area contributed by atoms with Crippen LogP contribution < -0.4 is 4.74 Å². The van der Waals surface area contributed by atoms with E-state index in [4.69, 9.17) is 4.74 Å². The molecule has 94 valence electrons. The molecule has 4 heteroatoms. The molecule has 0 aliphatic rings. The molecule has 0 spiro atoms. The number of halogens is 2. The number of benzene rings is 2. The van der Waals surface area contributed by atoms with Crippen molar-refractivity contribution in [3.63, 3.8) is 0 Å². The molecule has 0 radical (unpaired) electrons. The number of alkyl halides is 2. The lowest BCUT2D eigenvalue weighted by Crippen LogP contribution is -1.99.